The highest BCUT2D eigenvalue weighted by Crippen LogP contribution is 2.30. The summed E-state index contributed by atoms with van der Waals surface area (Å²) in [5.41, 5.74) is 8.54. The molecule has 4 nitrogen and oxygen atoms in total. The SMILES string of the molecule is CCCSc1nc(Cl)c(NNc2ccc(C)cc2)c(Cl)n1. The van der Waals surface area contributed by atoms with E-state index in [1.807, 2.05) is 31.2 Å². The quantitative estimate of drug-likeness (QED) is 0.333. The first kappa shape index (κ1) is 16.2. The highest BCUT2D eigenvalue weighted by atomic mass is 35.5. The fourth-order valence-electron chi connectivity index (χ4n) is 1.52. The average Bonchev–Trinajstić information content (AvgIpc) is 2.46. The Balaban J connectivity index is 2.07. The van der Waals surface area contributed by atoms with Crippen LogP contribution in [-0.4, -0.2) is 15.7 Å². The highest BCUT2D eigenvalue weighted by Gasteiger charge is 2.11. The molecule has 21 heavy (non-hydrogen) atoms. The molecule has 1 aromatic carbocycles. The van der Waals surface area contributed by atoms with Crippen molar-refractivity contribution in [2.24, 2.45) is 0 Å². The number of benzene rings is 1. The lowest BCUT2D eigenvalue weighted by atomic mass is 10.2. The van der Waals surface area contributed by atoms with Crippen LogP contribution in [0.3, 0.4) is 0 Å². The standard InChI is InChI=1S/C14H16Cl2N4S/c1-3-8-21-14-17-12(15)11(13(16)18-14)20-19-10-6-4-9(2)5-7-10/h4-7,19-20H,3,8H2,1-2H3. The topological polar surface area (TPSA) is 49.8 Å². The van der Waals surface area contributed by atoms with Gasteiger partial charge < -0.3 is 5.43 Å². The van der Waals surface area contributed by atoms with E-state index in [1.165, 1.54) is 17.3 Å². The molecule has 0 aliphatic rings. The third-order valence-corrected chi connectivity index (χ3v) is 4.22. The summed E-state index contributed by atoms with van der Waals surface area (Å²) in [6.07, 6.45) is 1.04. The Morgan fingerprint density at radius 3 is 2.24 bits per heavy atom. The van der Waals surface area contributed by atoms with E-state index in [1.54, 1.807) is 0 Å². The second-order valence-electron chi connectivity index (χ2n) is 4.43. The Morgan fingerprint density at radius 2 is 1.67 bits per heavy atom. The van der Waals surface area contributed by atoms with Crippen molar-refractivity contribution >= 4 is 46.3 Å². The van der Waals surface area contributed by atoms with E-state index >= 15 is 0 Å². The lowest BCUT2D eigenvalue weighted by Gasteiger charge is -2.12. The Bertz CT molecular complexity index is 581. The van der Waals surface area contributed by atoms with Crippen LogP contribution in [-0.2, 0) is 0 Å². The van der Waals surface area contributed by atoms with Crippen LogP contribution in [0.5, 0.6) is 0 Å². The molecule has 0 aliphatic heterocycles. The van der Waals surface area contributed by atoms with Gasteiger partial charge in [0, 0.05) is 5.75 Å². The number of hydrogen-bond donors (Lipinski definition) is 2. The number of rotatable bonds is 6. The first-order valence-electron chi connectivity index (χ1n) is 6.54. The number of hydrazine groups is 1. The maximum Gasteiger partial charge on any atom is 0.190 e. The van der Waals surface area contributed by atoms with E-state index in [9.17, 15) is 0 Å². The minimum absolute atomic E-state index is 0.299. The Hall–Kier alpha value is -1.17. The van der Waals surface area contributed by atoms with Crippen LogP contribution in [0.1, 0.15) is 18.9 Å². The zero-order valence-electron chi connectivity index (χ0n) is 11.8. The second-order valence-corrected chi connectivity index (χ2v) is 6.21. The monoisotopic (exact) mass is 342 g/mol. The molecule has 1 heterocycles. The predicted molar refractivity (Wildman–Crippen MR) is 91.5 cm³/mol. The summed E-state index contributed by atoms with van der Waals surface area (Å²) < 4.78 is 0. The molecular weight excluding hydrogens is 327 g/mol. The number of nitrogens with one attached hydrogen (secondary N) is 2. The number of thioether (sulfide) groups is 1. The normalized spacial score (nSPS) is 10.5. The molecule has 2 N–H and O–H groups in total. The summed E-state index contributed by atoms with van der Waals surface area (Å²) in [5, 5.41) is 1.19. The number of nitrogens with zero attached hydrogens (tertiary/aromatic N) is 2. The van der Waals surface area contributed by atoms with Gasteiger partial charge in [-0.05, 0) is 25.5 Å². The van der Waals surface area contributed by atoms with Crippen molar-refractivity contribution in [1.82, 2.24) is 9.97 Å². The van der Waals surface area contributed by atoms with Gasteiger partial charge in [0.1, 0.15) is 5.69 Å². The summed E-state index contributed by atoms with van der Waals surface area (Å²) in [6, 6.07) is 7.93. The first-order valence-corrected chi connectivity index (χ1v) is 8.29. The molecule has 0 spiro atoms. The molecule has 1 aromatic heterocycles. The average molecular weight is 343 g/mol. The van der Waals surface area contributed by atoms with Crippen LogP contribution in [0.25, 0.3) is 0 Å². The van der Waals surface area contributed by atoms with E-state index in [2.05, 4.69) is 27.7 Å². The van der Waals surface area contributed by atoms with Crippen LogP contribution in [0.4, 0.5) is 11.4 Å². The summed E-state index contributed by atoms with van der Waals surface area (Å²) in [4.78, 5) is 8.46. The number of halogens is 2. The van der Waals surface area contributed by atoms with Crippen molar-refractivity contribution in [1.29, 1.82) is 0 Å². The lowest BCUT2D eigenvalue weighted by molar-refractivity contribution is 0.962. The zero-order chi connectivity index (χ0) is 15.2. The van der Waals surface area contributed by atoms with Gasteiger partial charge in [-0.1, -0.05) is 59.6 Å². The van der Waals surface area contributed by atoms with Gasteiger partial charge in [-0.25, -0.2) is 9.97 Å². The molecular formula is C14H16Cl2N4S. The second kappa shape index (κ2) is 7.73. The van der Waals surface area contributed by atoms with E-state index < -0.39 is 0 Å². The minimum atomic E-state index is 0.299. The van der Waals surface area contributed by atoms with Crippen molar-refractivity contribution < 1.29 is 0 Å². The van der Waals surface area contributed by atoms with E-state index in [0.29, 0.717) is 21.2 Å². The number of aryl methyl sites for hydroxylation is 1. The number of hydrogen-bond acceptors (Lipinski definition) is 5. The smallest absolute Gasteiger partial charge is 0.190 e. The van der Waals surface area contributed by atoms with Crippen LogP contribution in [0.2, 0.25) is 10.3 Å². The highest BCUT2D eigenvalue weighted by molar-refractivity contribution is 7.99. The summed E-state index contributed by atoms with van der Waals surface area (Å²) >= 11 is 13.8. The maximum atomic E-state index is 6.15. The van der Waals surface area contributed by atoms with Gasteiger partial charge >= 0.3 is 0 Å². The molecule has 2 aromatic rings. The molecule has 0 saturated heterocycles. The molecule has 0 amide bonds. The molecule has 0 radical (unpaired) electrons. The summed E-state index contributed by atoms with van der Waals surface area (Å²) in [7, 11) is 0. The largest absolute Gasteiger partial charge is 0.301 e. The summed E-state index contributed by atoms with van der Waals surface area (Å²) in [6.45, 7) is 4.13. The van der Waals surface area contributed by atoms with E-state index in [4.69, 9.17) is 23.2 Å². The van der Waals surface area contributed by atoms with E-state index in [0.717, 1.165) is 17.9 Å². The molecule has 0 unspecified atom stereocenters. The molecule has 0 saturated carbocycles. The minimum Gasteiger partial charge on any atom is -0.301 e. The Kier molecular flexibility index (Phi) is 5.96. The predicted octanol–water partition coefficient (Wildman–Crippen LogP) is 5.03. The number of aromatic nitrogens is 2. The van der Waals surface area contributed by atoms with Crippen molar-refractivity contribution in [3.8, 4) is 0 Å². The zero-order valence-corrected chi connectivity index (χ0v) is 14.1. The van der Waals surface area contributed by atoms with E-state index in [-0.39, 0.29) is 0 Å². The Morgan fingerprint density at radius 1 is 1.05 bits per heavy atom. The van der Waals surface area contributed by atoms with Crippen molar-refractivity contribution in [3.63, 3.8) is 0 Å². The maximum absolute atomic E-state index is 6.15. The van der Waals surface area contributed by atoms with Crippen molar-refractivity contribution in [3.05, 3.63) is 40.1 Å². The Labute approximate surface area is 138 Å². The summed E-state index contributed by atoms with van der Waals surface area (Å²) in [5.74, 6) is 0.932. The van der Waals surface area contributed by atoms with Gasteiger partial charge in [-0.2, -0.15) is 0 Å². The fraction of sp³-hybridized carbons (Fsp3) is 0.286. The molecule has 2 rings (SSSR count). The number of anilines is 2. The van der Waals surface area contributed by atoms with Gasteiger partial charge in [-0.15, -0.1) is 0 Å². The van der Waals surface area contributed by atoms with Crippen LogP contribution in [0, 0.1) is 6.92 Å². The third-order valence-electron chi connectivity index (χ3n) is 2.62. The fourth-order valence-corrected chi connectivity index (χ4v) is 2.80. The molecule has 0 atom stereocenters. The molecule has 7 heteroatoms. The van der Waals surface area contributed by atoms with Gasteiger partial charge in [0.15, 0.2) is 15.5 Å². The first-order chi connectivity index (χ1) is 10.1. The van der Waals surface area contributed by atoms with Gasteiger partial charge in [0.2, 0.25) is 0 Å². The van der Waals surface area contributed by atoms with Gasteiger partial charge in [-0.3, -0.25) is 5.43 Å². The van der Waals surface area contributed by atoms with Crippen molar-refractivity contribution in [2.45, 2.75) is 25.4 Å². The lowest BCUT2D eigenvalue weighted by Crippen LogP contribution is -2.11. The molecule has 0 bridgehead atoms. The van der Waals surface area contributed by atoms with Crippen LogP contribution < -0.4 is 10.9 Å². The van der Waals surface area contributed by atoms with Crippen molar-refractivity contribution in [2.75, 3.05) is 16.6 Å². The van der Waals surface area contributed by atoms with Crippen LogP contribution >= 0.6 is 35.0 Å². The van der Waals surface area contributed by atoms with Gasteiger partial charge in [0.25, 0.3) is 0 Å². The third kappa shape index (κ3) is 4.66. The van der Waals surface area contributed by atoms with Gasteiger partial charge in [0.05, 0.1) is 5.69 Å². The van der Waals surface area contributed by atoms with Crippen LogP contribution in [0.15, 0.2) is 29.4 Å². The molecule has 112 valence electrons. The molecule has 0 fully saturated rings. The molecule has 0 aliphatic carbocycles.